The standard InChI is InChI=1S/C6H4N2O2S/c7-2-5-8-4(3-11-5)1-6(9)10/h3H,1H2,(H,9,10). The Morgan fingerprint density at radius 3 is 3.09 bits per heavy atom. The van der Waals surface area contributed by atoms with Crippen LogP contribution in [0.5, 0.6) is 0 Å². The number of carbonyl (C=O) groups is 1. The summed E-state index contributed by atoms with van der Waals surface area (Å²) < 4.78 is 0. The van der Waals surface area contributed by atoms with Crippen LogP contribution < -0.4 is 0 Å². The van der Waals surface area contributed by atoms with Crippen LogP contribution in [0.3, 0.4) is 0 Å². The van der Waals surface area contributed by atoms with Crippen LogP contribution in [-0.4, -0.2) is 16.1 Å². The minimum atomic E-state index is -0.931. The highest BCUT2D eigenvalue weighted by Gasteiger charge is 2.04. The predicted octanol–water partition coefficient (Wildman–Crippen LogP) is 0.642. The normalized spacial score (nSPS) is 9.00. The summed E-state index contributed by atoms with van der Waals surface area (Å²) in [7, 11) is 0. The topological polar surface area (TPSA) is 74.0 Å². The van der Waals surface area contributed by atoms with Gasteiger partial charge in [-0.3, -0.25) is 4.79 Å². The number of aliphatic carboxylic acids is 1. The molecule has 0 aromatic carbocycles. The lowest BCUT2D eigenvalue weighted by Gasteiger charge is -1.84. The fourth-order valence-electron chi connectivity index (χ4n) is 0.594. The van der Waals surface area contributed by atoms with Crippen molar-refractivity contribution in [2.45, 2.75) is 6.42 Å². The van der Waals surface area contributed by atoms with Crippen molar-refractivity contribution in [3.8, 4) is 6.07 Å². The number of thiazole rings is 1. The minimum absolute atomic E-state index is 0.113. The van der Waals surface area contributed by atoms with Gasteiger partial charge in [0.15, 0.2) is 5.01 Å². The van der Waals surface area contributed by atoms with E-state index in [0.717, 1.165) is 11.3 Å². The Labute approximate surface area is 66.7 Å². The molecule has 56 valence electrons. The van der Waals surface area contributed by atoms with E-state index in [4.69, 9.17) is 10.4 Å². The maximum atomic E-state index is 10.1. The third-order valence-corrected chi connectivity index (χ3v) is 1.78. The Morgan fingerprint density at radius 2 is 2.64 bits per heavy atom. The van der Waals surface area contributed by atoms with Gasteiger partial charge in [0.25, 0.3) is 0 Å². The molecule has 11 heavy (non-hydrogen) atoms. The molecule has 0 aliphatic carbocycles. The second-order valence-corrected chi connectivity index (χ2v) is 2.68. The Kier molecular flexibility index (Phi) is 2.18. The first-order chi connectivity index (χ1) is 5.22. The van der Waals surface area contributed by atoms with E-state index in [2.05, 4.69) is 4.98 Å². The third kappa shape index (κ3) is 2.02. The fourth-order valence-corrected chi connectivity index (χ4v) is 1.20. The number of hydrogen-bond acceptors (Lipinski definition) is 4. The molecule has 0 radical (unpaired) electrons. The molecular formula is C6H4N2O2S. The second-order valence-electron chi connectivity index (χ2n) is 1.83. The smallest absolute Gasteiger partial charge is 0.309 e. The Hall–Kier alpha value is -1.41. The van der Waals surface area contributed by atoms with Crippen molar-refractivity contribution in [1.29, 1.82) is 5.26 Å². The van der Waals surface area contributed by atoms with E-state index in [1.807, 2.05) is 6.07 Å². The van der Waals surface area contributed by atoms with Crippen molar-refractivity contribution in [1.82, 2.24) is 4.98 Å². The monoisotopic (exact) mass is 168 g/mol. The molecule has 5 heteroatoms. The van der Waals surface area contributed by atoms with Crippen molar-refractivity contribution in [3.05, 3.63) is 16.1 Å². The molecule has 0 saturated heterocycles. The van der Waals surface area contributed by atoms with Gasteiger partial charge >= 0.3 is 5.97 Å². The number of aromatic nitrogens is 1. The molecule has 1 N–H and O–H groups in total. The van der Waals surface area contributed by atoms with Crippen LogP contribution in [0, 0.1) is 11.3 Å². The summed E-state index contributed by atoms with van der Waals surface area (Å²) >= 11 is 1.16. The highest BCUT2D eigenvalue weighted by Crippen LogP contribution is 2.08. The number of nitriles is 1. The van der Waals surface area contributed by atoms with Crippen LogP contribution in [-0.2, 0) is 11.2 Å². The summed E-state index contributed by atoms with van der Waals surface area (Å²) in [5.74, 6) is -0.931. The summed E-state index contributed by atoms with van der Waals surface area (Å²) in [6.07, 6.45) is -0.113. The molecule has 1 aromatic rings. The third-order valence-electron chi connectivity index (χ3n) is 0.980. The molecule has 1 heterocycles. The van der Waals surface area contributed by atoms with E-state index in [1.54, 1.807) is 5.38 Å². The number of carboxylic acid groups (broad SMARTS) is 1. The Bertz CT molecular complexity index is 313. The molecule has 1 aromatic heterocycles. The summed E-state index contributed by atoms with van der Waals surface area (Å²) in [5.41, 5.74) is 0.444. The maximum absolute atomic E-state index is 10.1. The average molecular weight is 168 g/mol. The summed E-state index contributed by atoms with van der Waals surface area (Å²) in [6.45, 7) is 0. The zero-order chi connectivity index (χ0) is 8.27. The highest BCUT2D eigenvalue weighted by atomic mass is 32.1. The molecule has 0 saturated carbocycles. The van der Waals surface area contributed by atoms with Gasteiger partial charge in [-0.05, 0) is 0 Å². The van der Waals surface area contributed by atoms with Gasteiger partial charge in [-0.25, -0.2) is 4.98 Å². The molecule has 0 amide bonds. The van der Waals surface area contributed by atoms with E-state index in [9.17, 15) is 4.79 Å². The van der Waals surface area contributed by atoms with Gasteiger partial charge in [-0.15, -0.1) is 11.3 Å². The van der Waals surface area contributed by atoms with Gasteiger partial charge in [-0.2, -0.15) is 5.26 Å². The maximum Gasteiger partial charge on any atom is 0.309 e. The molecule has 4 nitrogen and oxygen atoms in total. The summed E-state index contributed by atoms with van der Waals surface area (Å²) in [5, 5.41) is 18.5. The molecule has 1 rings (SSSR count). The fraction of sp³-hybridized carbons (Fsp3) is 0.167. The van der Waals surface area contributed by atoms with E-state index < -0.39 is 5.97 Å². The van der Waals surface area contributed by atoms with Crippen LogP contribution in [0.15, 0.2) is 5.38 Å². The molecule has 0 unspecified atom stereocenters. The van der Waals surface area contributed by atoms with Crippen molar-refractivity contribution >= 4 is 17.3 Å². The van der Waals surface area contributed by atoms with Gasteiger partial charge in [0.1, 0.15) is 6.07 Å². The molecular weight excluding hydrogens is 164 g/mol. The Morgan fingerprint density at radius 1 is 1.91 bits per heavy atom. The summed E-state index contributed by atoms with van der Waals surface area (Å²) in [6, 6.07) is 1.84. The molecule has 0 bridgehead atoms. The van der Waals surface area contributed by atoms with Crippen molar-refractivity contribution in [2.75, 3.05) is 0 Å². The van der Waals surface area contributed by atoms with E-state index >= 15 is 0 Å². The van der Waals surface area contributed by atoms with Gasteiger partial charge < -0.3 is 5.11 Å². The molecule has 0 atom stereocenters. The first kappa shape index (κ1) is 7.69. The highest BCUT2D eigenvalue weighted by molar-refractivity contribution is 7.10. The lowest BCUT2D eigenvalue weighted by molar-refractivity contribution is -0.136. The van der Waals surface area contributed by atoms with E-state index in [0.29, 0.717) is 10.7 Å². The number of carboxylic acids is 1. The quantitative estimate of drug-likeness (QED) is 0.703. The van der Waals surface area contributed by atoms with Crippen LogP contribution >= 0.6 is 11.3 Å². The lowest BCUT2D eigenvalue weighted by atomic mass is 10.3. The number of nitrogens with zero attached hydrogens (tertiary/aromatic N) is 2. The van der Waals surface area contributed by atoms with Crippen LogP contribution in [0.1, 0.15) is 10.7 Å². The van der Waals surface area contributed by atoms with Gasteiger partial charge in [0.2, 0.25) is 0 Å². The van der Waals surface area contributed by atoms with Gasteiger partial charge in [0, 0.05) is 5.38 Å². The average Bonchev–Trinajstić information content (AvgIpc) is 2.34. The van der Waals surface area contributed by atoms with Crippen LogP contribution in [0.25, 0.3) is 0 Å². The SMILES string of the molecule is N#Cc1nc(CC(=O)O)cs1. The molecule has 0 fully saturated rings. The van der Waals surface area contributed by atoms with Crippen molar-refractivity contribution in [3.63, 3.8) is 0 Å². The van der Waals surface area contributed by atoms with Crippen molar-refractivity contribution in [2.24, 2.45) is 0 Å². The van der Waals surface area contributed by atoms with Gasteiger partial charge in [-0.1, -0.05) is 0 Å². The van der Waals surface area contributed by atoms with E-state index in [-0.39, 0.29) is 6.42 Å². The molecule has 0 aliphatic heterocycles. The van der Waals surface area contributed by atoms with Gasteiger partial charge in [0.05, 0.1) is 12.1 Å². The van der Waals surface area contributed by atoms with E-state index in [1.165, 1.54) is 0 Å². The predicted molar refractivity (Wildman–Crippen MR) is 38.2 cm³/mol. The first-order valence-electron chi connectivity index (χ1n) is 2.78. The number of hydrogen-bond donors (Lipinski definition) is 1. The minimum Gasteiger partial charge on any atom is -0.481 e. The van der Waals surface area contributed by atoms with Crippen molar-refractivity contribution < 1.29 is 9.90 Å². The summed E-state index contributed by atoms with van der Waals surface area (Å²) in [4.78, 5) is 13.9. The van der Waals surface area contributed by atoms with Crippen LogP contribution in [0.2, 0.25) is 0 Å². The largest absolute Gasteiger partial charge is 0.481 e. The Balaban J connectivity index is 2.75. The zero-order valence-corrected chi connectivity index (χ0v) is 6.26. The molecule has 0 aliphatic rings. The zero-order valence-electron chi connectivity index (χ0n) is 5.44. The number of rotatable bonds is 2. The first-order valence-corrected chi connectivity index (χ1v) is 3.66. The van der Waals surface area contributed by atoms with Crippen LogP contribution in [0.4, 0.5) is 0 Å². The lowest BCUT2D eigenvalue weighted by Crippen LogP contribution is -1.99. The molecule has 0 spiro atoms. The second kappa shape index (κ2) is 3.12.